The van der Waals surface area contributed by atoms with Gasteiger partial charge in [0.2, 0.25) is 5.91 Å². The van der Waals surface area contributed by atoms with Crippen LogP contribution in [0.1, 0.15) is 22.5 Å². The number of benzene rings is 2. The highest BCUT2D eigenvalue weighted by atomic mass is 19.4. The molecule has 178 valence electrons. The first-order valence-corrected chi connectivity index (χ1v) is 10.6. The van der Waals surface area contributed by atoms with Crippen molar-refractivity contribution in [2.75, 3.05) is 11.9 Å². The summed E-state index contributed by atoms with van der Waals surface area (Å²) in [7, 11) is 0. The fraction of sp³-hybridized carbons (Fsp3) is 0.174. The number of carbonyl (C=O) groups is 2. The van der Waals surface area contributed by atoms with Gasteiger partial charge < -0.3 is 16.4 Å². The minimum atomic E-state index is -4.43. The summed E-state index contributed by atoms with van der Waals surface area (Å²) >= 11 is 0. The molecule has 1 unspecified atom stereocenters. The molecule has 0 saturated carbocycles. The van der Waals surface area contributed by atoms with Crippen molar-refractivity contribution in [1.82, 2.24) is 24.8 Å². The van der Waals surface area contributed by atoms with Crippen molar-refractivity contribution in [2.24, 2.45) is 5.73 Å². The van der Waals surface area contributed by atoms with E-state index in [-0.39, 0.29) is 23.2 Å². The fourth-order valence-corrected chi connectivity index (χ4v) is 3.85. The zero-order chi connectivity index (χ0) is 24.7. The van der Waals surface area contributed by atoms with Gasteiger partial charge in [-0.05, 0) is 48.9 Å². The molecule has 4 N–H and O–H groups in total. The maximum atomic E-state index is 12.9. The van der Waals surface area contributed by atoms with Crippen LogP contribution in [0.2, 0.25) is 0 Å². The van der Waals surface area contributed by atoms with E-state index in [1.807, 2.05) is 0 Å². The molecule has 1 aliphatic heterocycles. The predicted molar refractivity (Wildman–Crippen MR) is 121 cm³/mol. The predicted octanol–water partition coefficient (Wildman–Crippen LogP) is 2.90. The summed E-state index contributed by atoms with van der Waals surface area (Å²) in [5, 5.41) is 5.72. The number of carbonyl (C=O) groups excluding carboxylic acids is 2. The molecule has 0 aliphatic carbocycles. The number of halogens is 3. The maximum Gasteiger partial charge on any atom is 0.416 e. The Hall–Kier alpha value is -4.48. The number of anilines is 1. The standard InChI is InChI=1S/C23H18F3N7O2/c24-23(25,26)13-2-4-14(5-3-13)33-11-29-15-6-1-12(9-18(15)33)21-31-17(20(27)34)10-19(32-21)30-16-7-8-28-22(16)35/h1-6,9-11,16H,7-8H2,(H2,27,34)(H,28,35)(H,30,31,32). The highest BCUT2D eigenvalue weighted by molar-refractivity contribution is 5.93. The van der Waals surface area contributed by atoms with Gasteiger partial charge in [0.05, 0.1) is 16.6 Å². The first kappa shape index (κ1) is 22.3. The molecular formula is C23H18F3N7O2. The van der Waals surface area contributed by atoms with E-state index >= 15 is 0 Å². The van der Waals surface area contributed by atoms with Crippen molar-refractivity contribution in [3.63, 3.8) is 0 Å². The number of nitrogens with one attached hydrogen (secondary N) is 2. The minimum absolute atomic E-state index is 0.0350. The molecule has 12 heteroatoms. The van der Waals surface area contributed by atoms with Crippen LogP contribution in [-0.4, -0.2) is 43.9 Å². The number of amides is 2. The average molecular weight is 481 g/mol. The van der Waals surface area contributed by atoms with Crippen molar-refractivity contribution >= 4 is 28.7 Å². The Morgan fingerprint density at radius 2 is 1.89 bits per heavy atom. The third kappa shape index (κ3) is 4.37. The van der Waals surface area contributed by atoms with Crippen LogP contribution in [0, 0.1) is 0 Å². The van der Waals surface area contributed by atoms with Crippen LogP contribution in [-0.2, 0) is 11.0 Å². The maximum absolute atomic E-state index is 12.9. The van der Waals surface area contributed by atoms with E-state index in [0.29, 0.717) is 35.2 Å². The van der Waals surface area contributed by atoms with Gasteiger partial charge in [0.25, 0.3) is 5.91 Å². The normalized spacial score (nSPS) is 15.9. The van der Waals surface area contributed by atoms with Crippen LogP contribution in [0.5, 0.6) is 0 Å². The van der Waals surface area contributed by atoms with Gasteiger partial charge in [0.15, 0.2) is 5.82 Å². The molecule has 1 saturated heterocycles. The molecule has 9 nitrogen and oxygen atoms in total. The van der Waals surface area contributed by atoms with Gasteiger partial charge in [-0.2, -0.15) is 13.2 Å². The number of alkyl halides is 3. The Morgan fingerprint density at radius 1 is 1.11 bits per heavy atom. The summed E-state index contributed by atoms with van der Waals surface area (Å²) in [6.45, 7) is 0.529. The number of rotatable bonds is 5. The Morgan fingerprint density at radius 3 is 2.54 bits per heavy atom. The average Bonchev–Trinajstić information content (AvgIpc) is 3.44. The second-order valence-electron chi connectivity index (χ2n) is 7.97. The van der Waals surface area contributed by atoms with Gasteiger partial charge in [-0.3, -0.25) is 14.2 Å². The van der Waals surface area contributed by atoms with Gasteiger partial charge in [0.1, 0.15) is 23.9 Å². The summed E-state index contributed by atoms with van der Waals surface area (Å²) in [6.07, 6.45) is -2.37. The monoisotopic (exact) mass is 481 g/mol. The van der Waals surface area contributed by atoms with Crippen LogP contribution < -0.4 is 16.4 Å². The summed E-state index contributed by atoms with van der Waals surface area (Å²) < 4.78 is 40.4. The molecule has 35 heavy (non-hydrogen) atoms. The van der Waals surface area contributed by atoms with Gasteiger partial charge in [-0.15, -0.1) is 0 Å². The van der Waals surface area contributed by atoms with Crippen LogP contribution in [0.4, 0.5) is 19.0 Å². The smallest absolute Gasteiger partial charge is 0.364 e. The highest BCUT2D eigenvalue weighted by Crippen LogP contribution is 2.31. The molecule has 2 aromatic carbocycles. The SMILES string of the molecule is NC(=O)c1cc(NC2CCNC2=O)nc(-c2ccc3ncn(-c4ccc(C(F)(F)F)cc4)c3c2)n1. The van der Waals surface area contributed by atoms with E-state index in [1.165, 1.54) is 24.5 Å². The summed E-state index contributed by atoms with van der Waals surface area (Å²) in [4.78, 5) is 36.8. The number of primary amides is 1. The van der Waals surface area contributed by atoms with Crippen LogP contribution in [0.25, 0.3) is 28.1 Å². The largest absolute Gasteiger partial charge is 0.416 e. The van der Waals surface area contributed by atoms with Gasteiger partial charge in [-0.1, -0.05) is 0 Å². The molecule has 5 rings (SSSR count). The van der Waals surface area contributed by atoms with Crippen molar-refractivity contribution in [1.29, 1.82) is 0 Å². The number of imidazole rings is 1. The minimum Gasteiger partial charge on any atom is -0.364 e. The zero-order valence-corrected chi connectivity index (χ0v) is 18.0. The molecular weight excluding hydrogens is 463 g/mol. The Bertz CT molecular complexity index is 1450. The van der Waals surface area contributed by atoms with Crippen LogP contribution >= 0.6 is 0 Å². The zero-order valence-electron chi connectivity index (χ0n) is 18.0. The van der Waals surface area contributed by atoms with Crippen molar-refractivity contribution in [3.8, 4) is 17.1 Å². The Kier molecular flexibility index (Phi) is 5.35. The summed E-state index contributed by atoms with van der Waals surface area (Å²) in [5.41, 5.74) is 6.87. The molecule has 0 radical (unpaired) electrons. The van der Waals surface area contributed by atoms with Crippen molar-refractivity contribution in [2.45, 2.75) is 18.6 Å². The number of hydrogen-bond acceptors (Lipinski definition) is 6. The number of nitrogens with zero attached hydrogens (tertiary/aromatic N) is 4. The number of aromatic nitrogens is 4. The van der Waals surface area contributed by atoms with Gasteiger partial charge >= 0.3 is 6.18 Å². The molecule has 2 amide bonds. The molecule has 3 heterocycles. The lowest BCUT2D eigenvalue weighted by Gasteiger charge is -2.13. The fourth-order valence-electron chi connectivity index (χ4n) is 3.85. The van der Waals surface area contributed by atoms with Crippen molar-refractivity contribution in [3.05, 3.63) is 66.1 Å². The van der Waals surface area contributed by atoms with Gasteiger partial charge in [-0.25, -0.2) is 15.0 Å². The second kappa shape index (κ2) is 8.38. The molecule has 0 spiro atoms. The third-order valence-corrected chi connectivity index (χ3v) is 5.63. The van der Waals surface area contributed by atoms with Crippen molar-refractivity contribution < 1.29 is 22.8 Å². The van der Waals surface area contributed by atoms with Crippen LogP contribution in [0.15, 0.2) is 54.9 Å². The molecule has 1 fully saturated rings. The molecule has 0 bridgehead atoms. The van der Waals surface area contributed by atoms with E-state index < -0.39 is 23.7 Å². The topological polar surface area (TPSA) is 128 Å². The summed E-state index contributed by atoms with van der Waals surface area (Å²) in [6, 6.07) is 10.7. The molecule has 1 atom stereocenters. The quantitative estimate of drug-likeness (QED) is 0.402. The number of hydrogen-bond donors (Lipinski definition) is 3. The first-order valence-electron chi connectivity index (χ1n) is 10.6. The lowest BCUT2D eigenvalue weighted by molar-refractivity contribution is -0.137. The van der Waals surface area contributed by atoms with E-state index in [2.05, 4.69) is 25.6 Å². The van der Waals surface area contributed by atoms with E-state index in [1.54, 1.807) is 22.8 Å². The Balaban J connectivity index is 1.55. The molecule has 4 aromatic rings. The first-order chi connectivity index (χ1) is 16.7. The lowest BCUT2D eigenvalue weighted by atomic mass is 10.1. The van der Waals surface area contributed by atoms with E-state index in [9.17, 15) is 22.8 Å². The van der Waals surface area contributed by atoms with Crippen LogP contribution in [0.3, 0.4) is 0 Å². The lowest BCUT2D eigenvalue weighted by Crippen LogP contribution is -2.30. The summed E-state index contributed by atoms with van der Waals surface area (Å²) in [5.74, 6) is -0.484. The molecule has 2 aromatic heterocycles. The van der Waals surface area contributed by atoms with E-state index in [4.69, 9.17) is 5.73 Å². The highest BCUT2D eigenvalue weighted by Gasteiger charge is 2.30. The third-order valence-electron chi connectivity index (χ3n) is 5.63. The number of nitrogens with two attached hydrogens (primary N) is 1. The second-order valence-corrected chi connectivity index (χ2v) is 7.97. The number of fused-ring (bicyclic) bond motifs is 1. The van der Waals surface area contributed by atoms with Gasteiger partial charge in [0, 0.05) is 23.9 Å². The Labute approximate surface area is 196 Å². The van der Waals surface area contributed by atoms with E-state index in [0.717, 1.165) is 12.1 Å². The molecule has 1 aliphatic rings.